The molecule has 9 heteroatoms. The van der Waals surface area contributed by atoms with Crippen molar-refractivity contribution in [3.63, 3.8) is 0 Å². The predicted molar refractivity (Wildman–Crippen MR) is 184 cm³/mol. The van der Waals surface area contributed by atoms with Crippen LogP contribution in [0.25, 0.3) is 0 Å². The molecule has 2 aliphatic carbocycles. The molecule has 8 nitrogen and oxygen atoms in total. The van der Waals surface area contributed by atoms with E-state index in [-0.39, 0.29) is 42.5 Å². The summed E-state index contributed by atoms with van der Waals surface area (Å²) < 4.78 is 13.3. The summed E-state index contributed by atoms with van der Waals surface area (Å²) in [6.07, 6.45) is 7.89. The van der Waals surface area contributed by atoms with Gasteiger partial charge in [-0.3, -0.25) is 14.5 Å². The Morgan fingerprint density at radius 1 is 1.02 bits per heavy atom. The average Bonchev–Trinajstić information content (AvgIpc) is 3.34. The van der Waals surface area contributed by atoms with Crippen LogP contribution in [0.15, 0.2) is 65.1 Å². The summed E-state index contributed by atoms with van der Waals surface area (Å²) in [5.74, 6) is 0.648. The van der Waals surface area contributed by atoms with E-state index in [9.17, 15) is 14.4 Å². The van der Waals surface area contributed by atoms with E-state index in [1.807, 2.05) is 35.2 Å². The molecule has 3 atom stereocenters. The normalized spacial score (nSPS) is 22.8. The van der Waals surface area contributed by atoms with Gasteiger partial charge in [0.25, 0.3) is 11.8 Å². The molecule has 0 aromatic heterocycles. The molecule has 47 heavy (non-hydrogen) atoms. The second-order valence-corrected chi connectivity index (χ2v) is 14.1. The summed E-state index contributed by atoms with van der Waals surface area (Å²) in [5.41, 5.74) is 5.26. The number of halogens is 1. The highest BCUT2D eigenvalue weighted by Crippen LogP contribution is 2.58. The van der Waals surface area contributed by atoms with Gasteiger partial charge in [-0.25, -0.2) is 4.79 Å². The number of amides is 3. The summed E-state index contributed by atoms with van der Waals surface area (Å²) in [6.45, 7) is 4.31. The number of benzene rings is 3. The minimum absolute atomic E-state index is 0.0171. The minimum atomic E-state index is -0.258. The highest BCUT2D eigenvalue weighted by molar-refractivity contribution is 9.10. The number of hydrogen-bond acceptors (Lipinski definition) is 6. The molecule has 7 rings (SSSR count). The Bertz CT molecular complexity index is 1640. The Hall–Kier alpha value is -3.85. The van der Waals surface area contributed by atoms with Gasteiger partial charge in [0.15, 0.2) is 0 Å². The molecule has 1 saturated carbocycles. The Morgan fingerprint density at radius 2 is 1.77 bits per heavy atom. The monoisotopic (exact) mass is 699 g/mol. The van der Waals surface area contributed by atoms with Crippen LogP contribution in [-0.2, 0) is 23.2 Å². The maximum atomic E-state index is 13.6. The zero-order chi connectivity index (χ0) is 32.5. The second-order valence-electron chi connectivity index (χ2n) is 13.3. The number of ether oxygens (including phenoxy) is 2. The summed E-state index contributed by atoms with van der Waals surface area (Å²) in [5, 5.41) is 3.54. The first-order valence-corrected chi connectivity index (χ1v) is 17.9. The number of fused-ring (bicyclic) bond motifs is 2. The van der Waals surface area contributed by atoms with E-state index < -0.39 is 0 Å². The van der Waals surface area contributed by atoms with Crippen molar-refractivity contribution in [1.82, 2.24) is 9.80 Å². The van der Waals surface area contributed by atoms with Crippen molar-refractivity contribution in [3.05, 3.63) is 93.0 Å². The van der Waals surface area contributed by atoms with E-state index >= 15 is 0 Å². The smallest absolute Gasteiger partial charge is 0.410 e. The Balaban J connectivity index is 1.17. The van der Waals surface area contributed by atoms with Gasteiger partial charge in [0, 0.05) is 35.6 Å². The van der Waals surface area contributed by atoms with E-state index in [4.69, 9.17) is 9.47 Å². The first kappa shape index (κ1) is 31.7. The predicted octanol–water partition coefficient (Wildman–Crippen LogP) is 7.73. The lowest BCUT2D eigenvalue weighted by Crippen LogP contribution is -2.62. The lowest BCUT2D eigenvalue weighted by atomic mass is 9.52. The van der Waals surface area contributed by atoms with Crippen molar-refractivity contribution in [3.8, 4) is 5.75 Å². The number of anilines is 1. The lowest BCUT2D eigenvalue weighted by Gasteiger charge is -2.58. The van der Waals surface area contributed by atoms with Gasteiger partial charge in [0.2, 0.25) is 0 Å². The second kappa shape index (κ2) is 13.3. The molecule has 2 aliphatic heterocycles. The van der Waals surface area contributed by atoms with Crippen molar-refractivity contribution in [2.45, 2.75) is 76.4 Å². The topological polar surface area (TPSA) is 88.2 Å². The van der Waals surface area contributed by atoms with E-state index in [1.54, 1.807) is 24.3 Å². The first-order valence-electron chi connectivity index (χ1n) is 17.1. The number of likely N-dealkylation sites (tertiary alicyclic amines) is 1. The average molecular weight is 701 g/mol. The van der Waals surface area contributed by atoms with E-state index in [2.05, 4.69) is 34.2 Å². The third kappa shape index (κ3) is 5.70. The zero-order valence-electron chi connectivity index (χ0n) is 26.9. The van der Waals surface area contributed by atoms with Crippen LogP contribution >= 0.6 is 15.9 Å². The molecule has 3 amide bonds. The number of nitrogens with zero attached hydrogens (tertiary/aromatic N) is 2. The van der Waals surface area contributed by atoms with E-state index in [0.29, 0.717) is 36.7 Å². The van der Waals surface area contributed by atoms with Crippen molar-refractivity contribution < 1.29 is 23.9 Å². The third-order valence-electron chi connectivity index (χ3n) is 10.8. The zero-order valence-corrected chi connectivity index (χ0v) is 28.5. The number of nitrogens with one attached hydrogen (secondary N) is 1. The molecule has 246 valence electrons. The Morgan fingerprint density at radius 3 is 2.51 bits per heavy atom. The van der Waals surface area contributed by atoms with Crippen LogP contribution < -0.4 is 10.1 Å². The summed E-state index contributed by atoms with van der Waals surface area (Å²) >= 11 is 4.00. The summed E-state index contributed by atoms with van der Waals surface area (Å²) in [7, 11) is 0. The van der Waals surface area contributed by atoms with E-state index in [0.717, 1.165) is 60.0 Å². The van der Waals surface area contributed by atoms with Crippen LogP contribution in [0.3, 0.4) is 0 Å². The molecule has 0 spiro atoms. The number of unbranched alkanes of at least 4 members (excludes halogenated alkanes) is 1. The number of carbonyl (C=O) groups excluding carboxylic acids is 3. The molecule has 3 aromatic rings. The van der Waals surface area contributed by atoms with Crippen LogP contribution in [0.2, 0.25) is 0 Å². The van der Waals surface area contributed by atoms with Gasteiger partial charge in [0.05, 0.1) is 23.4 Å². The molecule has 2 bridgehead atoms. The highest BCUT2D eigenvalue weighted by atomic mass is 79.9. The van der Waals surface area contributed by atoms with Crippen LogP contribution in [0, 0.1) is 5.92 Å². The largest absolute Gasteiger partial charge is 0.491 e. The molecule has 2 fully saturated rings. The van der Waals surface area contributed by atoms with Gasteiger partial charge >= 0.3 is 6.09 Å². The van der Waals surface area contributed by atoms with Gasteiger partial charge < -0.3 is 19.7 Å². The fourth-order valence-corrected chi connectivity index (χ4v) is 9.16. The summed E-state index contributed by atoms with van der Waals surface area (Å²) in [4.78, 5) is 42.9. The van der Waals surface area contributed by atoms with Crippen molar-refractivity contribution >= 4 is 39.5 Å². The summed E-state index contributed by atoms with van der Waals surface area (Å²) in [6, 6.07) is 19.1. The van der Waals surface area contributed by atoms with Crippen LogP contribution in [0.5, 0.6) is 5.75 Å². The highest BCUT2D eigenvalue weighted by Gasteiger charge is 2.56. The number of rotatable bonds is 10. The van der Waals surface area contributed by atoms with Gasteiger partial charge in [0.1, 0.15) is 12.4 Å². The maximum absolute atomic E-state index is 13.6. The standard InChI is InChI=1S/C38H42BrN3O5/c1-2-3-21-46-32-23-30-28(33(39)34(32)40-18-20-42-35(43)26-13-7-8-14-27(26)36(42)44)22-31-29-15-9-10-16-38(29,30)17-19-41(31)37(45)47-24-25-11-5-4-6-12-25/h4-8,11-14,23,29,31,40H,2-3,9-10,15-22,24H2,1H3/t29-,31+,38+/m1/s1. The molecule has 0 unspecified atom stereocenters. The Labute approximate surface area is 284 Å². The van der Waals surface area contributed by atoms with Crippen LogP contribution in [0.4, 0.5) is 10.5 Å². The molecule has 1 N–H and O–H groups in total. The van der Waals surface area contributed by atoms with Gasteiger partial charge in [-0.1, -0.05) is 68.7 Å². The minimum Gasteiger partial charge on any atom is -0.491 e. The first-order chi connectivity index (χ1) is 22.9. The fourth-order valence-electron chi connectivity index (χ4n) is 8.45. The lowest BCUT2D eigenvalue weighted by molar-refractivity contribution is -0.0138. The van der Waals surface area contributed by atoms with Gasteiger partial charge in [-0.05, 0) is 88.8 Å². The number of piperidine rings is 1. The van der Waals surface area contributed by atoms with Gasteiger partial charge in [-0.2, -0.15) is 0 Å². The SMILES string of the molecule is CCCCOc1cc2c(c(Br)c1NCCN1C(=O)c3ccccc3C1=O)C[C@H]1[C@H]3CCCC[C@@]23CCN1C(=O)OCc1ccccc1. The number of imide groups is 1. The van der Waals surface area contributed by atoms with Crippen molar-refractivity contribution in [2.75, 3.05) is 31.6 Å². The molecule has 2 heterocycles. The molecule has 1 saturated heterocycles. The van der Waals surface area contributed by atoms with Crippen molar-refractivity contribution in [1.29, 1.82) is 0 Å². The number of hydrogen-bond donors (Lipinski definition) is 1. The molecule has 0 radical (unpaired) electrons. The maximum Gasteiger partial charge on any atom is 0.410 e. The van der Waals surface area contributed by atoms with Crippen LogP contribution in [0.1, 0.15) is 89.3 Å². The van der Waals surface area contributed by atoms with Crippen molar-refractivity contribution in [2.24, 2.45) is 5.92 Å². The van der Waals surface area contributed by atoms with Crippen LogP contribution in [-0.4, -0.2) is 60.0 Å². The van der Waals surface area contributed by atoms with E-state index in [1.165, 1.54) is 28.9 Å². The Kier molecular flexibility index (Phi) is 9.01. The molecular weight excluding hydrogens is 658 g/mol. The molecule has 4 aliphatic rings. The van der Waals surface area contributed by atoms with Gasteiger partial charge in [-0.15, -0.1) is 0 Å². The molecular formula is C38H42BrN3O5. The quantitative estimate of drug-likeness (QED) is 0.172. The third-order valence-corrected chi connectivity index (χ3v) is 11.6. The molecule has 3 aromatic carbocycles. The fraction of sp³-hybridized carbons (Fsp3) is 0.447. The number of carbonyl (C=O) groups is 3.